The number of likely N-dealkylation sites (N-methyl/N-ethyl adjacent to an activating group) is 1. The first-order chi connectivity index (χ1) is 9.12. The lowest BCUT2D eigenvalue weighted by Crippen LogP contribution is -2.58. The summed E-state index contributed by atoms with van der Waals surface area (Å²) in [5.41, 5.74) is 2.57. The van der Waals surface area contributed by atoms with Crippen molar-refractivity contribution in [2.45, 2.75) is 38.1 Å². The van der Waals surface area contributed by atoms with Crippen molar-refractivity contribution in [1.82, 2.24) is 5.32 Å². The van der Waals surface area contributed by atoms with E-state index in [9.17, 15) is 5.11 Å². The van der Waals surface area contributed by atoms with Crippen molar-refractivity contribution in [2.24, 2.45) is 0 Å². The molecular weight excluding hydrogens is 236 g/mol. The number of hydrogen-bond donors (Lipinski definition) is 2. The Kier molecular flexibility index (Phi) is 4.48. The fraction of sp³-hybridized carbons (Fsp3) is 0.625. The van der Waals surface area contributed by atoms with Crippen LogP contribution < -0.4 is 10.2 Å². The van der Waals surface area contributed by atoms with Gasteiger partial charge in [0, 0.05) is 18.8 Å². The molecule has 1 heterocycles. The van der Waals surface area contributed by atoms with E-state index in [1.54, 1.807) is 0 Å². The summed E-state index contributed by atoms with van der Waals surface area (Å²) in [6.45, 7) is 6.63. The van der Waals surface area contributed by atoms with Crippen LogP contribution in [0.5, 0.6) is 0 Å². The number of rotatable bonds is 4. The molecular formula is C16H26N2O. The Bertz CT molecular complexity index is 413. The monoisotopic (exact) mass is 262 g/mol. The Labute approximate surface area is 116 Å². The van der Waals surface area contributed by atoms with Crippen LogP contribution in [0.1, 0.15) is 38.2 Å². The molecule has 0 bridgehead atoms. The SMILES string of the molecule is CNC1(CO)CCCN(c2ccccc2C(C)C)C1. The third-order valence-corrected chi connectivity index (χ3v) is 4.31. The van der Waals surface area contributed by atoms with E-state index < -0.39 is 0 Å². The molecule has 1 aromatic carbocycles. The first-order valence-corrected chi connectivity index (χ1v) is 7.25. The van der Waals surface area contributed by atoms with Crippen LogP contribution in [0, 0.1) is 0 Å². The molecule has 0 radical (unpaired) electrons. The van der Waals surface area contributed by atoms with Crippen molar-refractivity contribution in [3.05, 3.63) is 29.8 Å². The number of benzene rings is 1. The maximum atomic E-state index is 9.70. The van der Waals surface area contributed by atoms with E-state index in [0.29, 0.717) is 5.92 Å². The predicted molar refractivity (Wildman–Crippen MR) is 80.9 cm³/mol. The molecule has 0 spiro atoms. The molecule has 2 N–H and O–H groups in total. The molecule has 1 aromatic rings. The summed E-state index contributed by atoms with van der Waals surface area (Å²) in [5, 5.41) is 13.0. The van der Waals surface area contributed by atoms with Crippen molar-refractivity contribution in [3.8, 4) is 0 Å². The van der Waals surface area contributed by atoms with Gasteiger partial charge in [-0.25, -0.2) is 0 Å². The van der Waals surface area contributed by atoms with Gasteiger partial charge >= 0.3 is 0 Å². The highest BCUT2D eigenvalue weighted by molar-refractivity contribution is 5.55. The maximum Gasteiger partial charge on any atom is 0.0630 e. The van der Waals surface area contributed by atoms with Crippen LogP contribution in [0.15, 0.2) is 24.3 Å². The molecule has 106 valence electrons. The van der Waals surface area contributed by atoms with Gasteiger partial charge in [0.15, 0.2) is 0 Å². The normalized spacial score (nSPS) is 23.9. The lowest BCUT2D eigenvalue weighted by molar-refractivity contribution is 0.149. The van der Waals surface area contributed by atoms with Gasteiger partial charge < -0.3 is 15.3 Å². The van der Waals surface area contributed by atoms with Crippen LogP contribution in [0.25, 0.3) is 0 Å². The minimum absolute atomic E-state index is 0.150. The van der Waals surface area contributed by atoms with Crippen molar-refractivity contribution in [3.63, 3.8) is 0 Å². The molecule has 1 aliphatic rings. The van der Waals surface area contributed by atoms with Crippen LogP contribution in [0.2, 0.25) is 0 Å². The summed E-state index contributed by atoms with van der Waals surface area (Å²) >= 11 is 0. The maximum absolute atomic E-state index is 9.70. The zero-order chi connectivity index (χ0) is 13.9. The zero-order valence-corrected chi connectivity index (χ0v) is 12.3. The second-order valence-electron chi connectivity index (χ2n) is 5.93. The van der Waals surface area contributed by atoms with E-state index in [1.165, 1.54) is 11.3 Å². The van der Waals surface area contributed by atoms with Crippen molar-refractivity contribution in [1.29, 1.82) is 0 Å². The van der Waals surface area contributed by atoms with E-state index in [-0.39, 0.29) is 12.1 Å². The lowest BCUT2D eigenvalue weighted by Gasteiger charge is -2.43. The number of aliphatic hydroxyl groups is 1. The smallest absolute Gasteiger partial charge is 0.0630 e. The number of nitrogens with one attached hydrogen (secondary N) is 1. The molecule has 0 aliphatic carbocycles. The third kappa shape index (κ3) is 2.93. The highest BCUT2D eigenvalue weighted by Crippen LogP contribution is 2.31. The second-order valence-corrected chi connectivity index (χ2v) is 5.93. The zero-order valence-electron chi connectivity index (χ0n) is 12.3. The summed E-state index contributed by atoms with van der Waals surface area (Å²) in [6.07, 6.45) is 2.16. The number of aliphatic hydroxyl groups excluding tert-OH is 1. The molecule has 1 saturated heterocycles. The van der Waals surface area contributed by atoms with E-state index in [2.05, 4.69) is 48.3 Å². The van der Waals surface area contributed by atoms with Gasteiger partial charge in [0.05, 0.1) is 12.1 Å². The van der Waals surface area contributed by atoms with E-state index in [1.807, 2.05) is 7.05 Å². The number of nitrogens with zero attached hydrogens (tertiary/aromatic N) is 1. The molecule has 19 heavy (non-hydrogen) atoms. The van der Waals surface area contributed by atoms with E-state index in [4.69, 9.17) is 0 Å². The van der Waals surface area contributed by atoms with Gasteiger partial charge in [-0.2, -0.15) is 0 Å². The molecule has 1 aliphatic heterocycles. The lowest BCUT2D eigenvalue weighted by atomic mass is 9.88. The fourth-order valence-corrected chi connectivity index (χ4v) is 3.01. The van der Waals surface area contributed by atoms with Gasteiger partial charge in [-0.15, -0.1) is 0 Å². The quantitative estimate of drug-likeness (QED) is 0.874. The Morgan fingerprint density at radius 1 is 1.37 bits per heavy atom. The summed E-state index contributed by atoms with van der Waals surface area (Å²) in [4.78, 5) is 2.42. The van der Waals surface area contributed by atoms with Crippen LogP contribution in [0.3, 0.4) is 0 Å². The first kappa shape index (κ1) is 14.4. The second kappa shape index (κ2) is 5.93. The molecule has 1 unspecified atom stereocenters. The molecule has 3 nitrogen and oxygen atoms in total. The number of piperidine rings is 1. The fourth-order valence-electron chi connectivity index (χ4n) is 3.01. The topological polar surface area (TPSA) is 35.5 Å². The molecule has 0 amide bonds. The van der Waals surface area contributed by atoms with Gasteiger partial charge in [-0.3, -0.25) is 0 Å². The summed E-state index contributed by atoms with van der Waals surface area (Å²) in [7, 11) is 1.95. The van der Waals surface area contributed by atoms with Crippen LogP contribution in [0.4, 0.5) is 5.69 Å². The molecule has 1 fully saturated rings. The van der Waals surface area contributed by atoms with Gasteiger partial charge in [0.25, 0.3) is 0 Å². The molecule has 3 heteroatoms. The average Bonchev–Trinajstić information content (AvgIpc) is 2.47. The van der Waals surface area contributed by atoms with Gasteiger partial charge in [-0.05, 0) is 37.4 Å². The van der Waals surface area contributed by atoms with Crippen LogP contribution >= 0.6 is 0 Å². The third-order valence-electron chi connectivity index (χ3n) is 4.31. The summed E-state index contributed by atoms with van der Waals surface area (Å²) in [6, 6.07) is 8.64. The largest absolute Gasteiger partial charge is 0.394 e. The summed E-state index contributed by atoms with van der Waals surface area (Å²) < 4.78 is 0. The van der Waals surface area contributed by atoms with Gasteiger partial charge in [0.1, 0.15) is 0 Å². The number of anilines is 1. The van der Waals surface area contributed by atoms with E-state index >= 15 is 0 Å². The molecule has 0 aromatic heterocycles. The standard InChI is InChI=1S/C16H26N2O/c1-13(2)14-7-4-5-8-15(14)18-10-6-9-16(11-18,12-19)17-3/h4-5,7-8,13,17,19H,6,9-12H2,1-3H3. The Morgan fingerprint density at radius 3 is 2.74 bits per heavy atom. The number of para-hydroxylation sites is 1. The molecule has 0 saturated carbocycles. The number of hydrogen-bond acceptors (Lipinski definition) is 3. The van der Waals surface area contributed by atoms with Crippen molar-refractivity contribution >= 4 is 5.69 Å². The minimum Gasteiger partial charge on any atom is -0.394 e. The highest BCUT2D eigenvalue weighted by Gasteiger charge is 2.34. The molecule has 1 atom stereocenters. The van der Waals surface area contributed by atoms with Gasteiger partial charge in [-0.1, -0.05) is 32.0 Å². The Balaban J connectivity index is 2.27. The van der Waals surface area contributed by atoms with Gasteiger partial charge in [0.2, 0.25) is 0 Å². The first-order valence-electron chi connectivity index (χ1n) is 7.25. The van der Waals surface area contributed by atoms with E-state index in [0.717, 1.165) is 25.9 Å². The Hall–Kier alpha value is -1.06. The van der Waals surface area contributed by atoms with Crippen LogP contribution in [-0.2, 0) is 0 Å². The average molecular weight is 262 g/mol. The summed E-state index contributed by atoms with van der Waals surface area (Å²) in [5.74, 6) is 0.524. The Morgan fingerprint density at radius 2 is 2.11 bits per heavy atom. The van der Waals surface area contributed by atoms with Crippen molar-refractivity contribution < 1.29 is 5.11 Å². The molecule has 2 rings (SSSR count). The predicted octanol–water partition coefficient (Wildman–Crippen LogP) is 2.36. The minimum atomic E-state index is -0.150. The van der Waals surface area contributed by atoms with Crippen molar-refractivity contribution in [2.75, 3.05) is 31.6 Å². The highest BCUT2D eigenvalue weighted by atomic mass is 16.3. The van der Waals surface area contributed by atoms with Crippen LogP contribution in [-0.4, -0.2) is 37.4 Å².